The van der Waals surface area contributed by atoms with E-state index in [1.807, 2.05) is 17.0 Å². The predicted octanol–water partition coefficient (Wildman–Crippen LogP) is 4.91. The third-order valence-electron chi connectivity index (χ3n) is 7.36. The largest absolute Gasteiger partial charge is 0.371 e. The maximum Gasteiger partial charge on any atom is 0.254 e. The highest BCUT2D eigenvalue weighted by molar-refractivity contribution is 5.95. The maximum absolute atomic E-state index is 13.3. The van der Waals surface area contributed by atoms with Gasteiger partial charge < -0.3 is 15.1 Å². The third kappa shape index (κ3) is 5.40. The van der Waals surface area contributed by atoms with E-state index in [0.29, 0.717) is 19.0 Å². The van der Waals surface area contributed by atoms with Gasteiger partial charge in [0.1, 0.15) is 0 Å². The molecule has 5 nitrogen and oxygen atoms in total. The molecule has 0 aromatic heterocycles. The molecule has 1 saturated heterocycles. The number of carbonyl (C=O) groups is 2. The van der Waals surface area contributed by atoms with E-state index >= 15 is 0 Å². The number of rotatable bonds is 5. The molecule has 1 fully saturated rings. The summed E-state index contributed by atoms with van der Waals surface area (Å²) in [5.74, 6) is 0.656. The Labute approximate surface area is 207 Å². The van der Waals surface area contributed by atoms with Crippen molar-refractivity contribution in [1.29, 1.82) is 0 Å². The van der Waals surface area contributed by atoms with E-state index in [0.717, 1.165) is 55.7 Å². The molecule has 1 N–H and O–H groups in total. The molecular weight excluding hydrogens is 434 g/mol. The van der Waals surface area contributed by atoms with Crippen molar-refractivity contribution >= 4 is 17.5 Å². The van der Waals surface area contributed by atoms with Crippen LogP contribution in [0.15, 0.2) is 72.8 Å². The monoisotopic (exact) mass is 467 g/mol. The minimum atomic E-state index is -0.00604. The molecule has 0 saturated carbocycles. The second-order valence-electron chi connectivity index (χ2n) is 9.71. The average molecular weight is 468 g/mol. The van der Waals surface area contributed by atoms with E-state index < -0.39 is 0 Å². The van der Waals surface area contributed by atoms with Crippen molar-refractivity contribution in [2.24, 2.45) is 0 Å². The lowest BCUT2D eigenvalue weighted by Gasteiger charge is -2.34. The first kappa shape index (κ1) is 23.2. The Kier molecular flexibility index (Phi) is 6.84. The SMILES string of the molecule is CC(=O)NCc1ccc(C2CCN(c3cccc(C(=O)N4CCc5ccccc5C4)c3)CC2)cc1. The van der Waals surface area contributed by atoms with E-state index in [1.165, 1.54) is 16.7 Å². The average Bonchev–Trinajstić information content (AvgIpc) is 2.91. The standard InChI is InChI=1S/C30H33N3O2/c1-22(34)31-20-23-9-11-25(12-10-23)26-13-16-32(17-14-26)29-8-4-7-27(19-29)30(35)33-18-15-24-5-2-3-6-28(24)21-33/h2-12,19,26H,13-18,20-21H2,1H3,(H,31,34). The quantitative estimate of drug-likeness (QED) is 0.580. The van der Waals surface area contributed by atoms with E-state index in [1.54, 1.807) is 6.92 Å². The maximum atomic E-state index is 13.3. The molecule has 5 heteroatoms. The van der Waals surface area contributed by atoms with Crippen LogP contribution in [0.5, 0.6) is 0 Å². The van der Waals surface area contributed by atoms with E-state index in [-0.39, 0.29) is 11.8 Å². The van der Waals surface area contributed by atoms with Gasteiger partial charge in [0.05, 0.1) is 0 Å². The van der Waals surface area contributed by atoms with E-state index in [4.69, 9.17) is 0 Å². The first-order chi connectivity index (χ1) is 17.1. The fraction of sp³-hybridized carbons (Fsp3) is 0.333. The minimum absolute atomic E-state index is 0.00604. The molecule has 2 aliphatic heterocycles. The van der Waals surface area contributed by atoms with Gasteiger partial charge in [-0.25, -0.2) is 0 Å². The summed E-state index contributed by atoms with van der Waals surface area (Å²) in [7, 11) is 0. The minimum Gasteiger partial charge on any atom is -0.371 e. The molecule has 0 aliphatic carbocycles. The molecule has 3 aromatic rings. The molecule has 2 heterocycles. The van der Waals surface area contributed by atoms with Gasteiger partial charge in [-0.1, -0.05) is 54.6 Å². The summed E-state index contributed by atoms with van der Waals surface area (Å²) in [6.07, 6.45) is 3.10. The van der Waals surface area contributed by atoms with E-state index in [9.17, 15) is 9.59 Å². The van der Waals surface area contributed by atoms with Gasteiger partial charge in [0, 0.05) is 50.9 Å². The molecule has 2 amide bonds. The molecule has 35 heavy (non-hydrogen) atoms. The fourth-order valence-electron chi connectivity index (χ4n) is 5.29. The lowest BCUT2D eigenvalue weighted by molar-refractivity contribution is -0.119. The summed E-state index contributed by atoms with van der Waals surface area (Å²) in [4.78, 5) is 28.8. The first-order valence-corrected chi connectivity index (χ1v) is 12.6. The van der Waals surface area contributed by atoms with Crippen molar-refractivity contribution in [1.82, 2.24) is 10.2 Å². The highest BCUT2D eigenvalue weighted by Gasteiger charge is 2.24. The zero-order chi connectivity index (χ0) is 24.2. The van der Waals surface area contributed by atoms with Crippen molar-refractivity contribution in [2.45, 2.75) is 45.2 Å². The number of nitrogens with one attached hydrogen (secondary N) is 1. The van der Waals surface area contributed by atoms with Crippen LogP contribution < -0.4 is 10.2 Å². The number of carbonyl (C=O) groups excluding carboxylic acids is 2. The topological polar surface area (TPSA) is 52.7 Å². The summed E-state index contributed by atoms with van der Waals surface area (Å²) in [6.45, 7) is 5.54. The van der Waals surface area contributed by atoms with Crippen LogP contribution in [-0.2, 0) is 24.3 Å². The number of nitrogens with zero attached hydrogens (tertiary/aromatic N) is 2. The van der Waals surface area contributed by atoms with Crippen molar-refractivity contribution in [3.63, 3.8) is 0 Å². The Bertz CT molecular complexity index is 1200. The number of anilines is 1. The van der Waals surface area contributed by atoms with Gasteiger partial charge in [0.15, 0.2) is 0 Å². The molecule has 0 bridgehead atoms. The number of amides is 2. The van der Waals surface area contributed by atoms with Gasteiger partial charge in [0.25, 0.3) is 5.91 Å². The lowest BCUT2D eigenvalue weighted by Crippen LogP contribution is -2.36. The molecule has 2 aliphatic rings. The zero-order valence-corrected chi connectivity index (χ0v) is 20.4. The van der Waals surface area contributed by atoms with Gasteiger partial charge in [-0.2, -0.15) is 0 Å². The summed E-state index contributed by atoms with van der Waals surface area (Å²) < 4.78 is 0. The summed E-state index contributed by atoms with van der Waals surface area (Å²) in [6, 6.07) is 25.2. The normalized spacial score (nSPS) is 16.0. The Hall–Kier alpha value is -3.60. The Morgan fingerprint density at radius 2 is 1.63 bits per heavy atom. The van der Waals surface area contributed by atoms with Gasteiger partial charge in [0.2, 0.25) is 5.91 Å². The number of fused-ring (bicyclic) bond motifs is 1. The van der Waals surface area contributed by atoms with Crippen LogP contribution in [-0.4, -0.2) is 36.3 Å². The van der Waals surface area contributed by atoms with Gasteiger partial charge in [-0.05, 0) is 65.6 Å². The van der Waals surface area contributed by atoms with Crippen LogP contribution in [0.3, 0.4) is 0 Å². The Balaban J connectivity index is 1.19. The van der Waals surface area contributed by atoms with Crippen LogP contribution in [0.1, 0.15) is 58.3 Å². The van der Waals surface area contributed by atoms with Crippen molar-refractivity contribution in [2.75, 3.05) is 24.5 Å². The molecule has 3 aromatic carbocycles. The summed E-state index contributed by atoms with van der Waals surface area (Å²) in [5.41, 5.74) is 7.02. The van der Waals surface area contributed by atoms with Crippen LogP contribution >= 0.6 is 0 Å². The smallest absolute Gasteiger partial charge is 0.254 e. The van der Waals surface area contributed by atoms with Crippen LogP contribution in [0, 0.1) is 0 Å². The van der Waals surface area contributed by atoms with Gasteiger partial charge >= 0.3 is 0 Å². The number of benzene rings is 3. The Morgan fingerprint density at radius 3 is 2.37 bits per heavy atom. The van der Waals surface area contributed by atoms with Crippen LogP contribution in [0.2, 0.25) is 0 Å². The van der Waals surface area contributed by atoms with Gasteiger partial charge in [-0.3, -0.25) is 9.59 Å². The van der Waals surface area contributed by atoms with Crippen molar-refractivity contribution in [3.8, 4) is 0 Å². The van der Waals surface area contributed by atoms with Crippen molar-refractivity contribution < 1.29 is 9.59 Å². The number of piperidine rings is 1. The molecule has 0 unspecified atom stereocenters. The molecule has 180 valence electrons. The van der Waals surface area contributed by atoms with E-state index in [2.05, 4.69) is 70.9 Å². The molecule has 0 radical (unpaired) electrons. The first-order valence-electron chi connectivity index (χ1n) is 12.6. The number of hydrogen-bond acceptors (Lipinski definition) is 3. The lowest BCUT2D eigenvalue weighted by atomic mass is 9.88. The second-order valence-corrected chi connectivity index (χ2v) is 9.71. The molecular formula is C30H33N3O2. The fourth-order valence-corrected chi connectivity index (χ4v) is 5.29. The zero-order valence-electron chi connectivity index (χ0n) is 20.4. The van der Waals surface area contributed by atoms with Crippen LogP contribution in [0.4, 0.5) is 5.69 Å². The summed E-state index contributed by atoms with van der Waals surface area (Å²) >= 11 is 0. The molecule has 0 spiro atoms. The van der Waals surface area contributed by atoms with Crippen LogP contribution in [0.25, 0.3) is 0 Å². The Morgan fingerprint density at radius 1 is 0.886 bits per heavy atom. The van der Waals surface area contributed by atoms with Gasteiger partial charge in [-0.15, -0.1) is 0 Å². The highest BCUT2D eigenvalue weighted by Crippen LogP contribution is 2.31. The molecule has 5 rings (SSSR count). The predicted molar refractivity (Wildman–Crippen MR) is 139 cm³/mol. The number of hydrogen-bond donors (Lipinski definition) is 1. The summed E-state index contributed by atoms with van der Waals surface area (Å²) in [5, 5.41) is 2.85. The highest BCUT2D eigenvalue weighted by atomic mass is 16.2. The third-order valence-corrected chi connectivity index (χ3v) is 7.36. The molecule has 0 atom stereocenters. The van der Waals surface area contributed by atoms with Crippen molar-refractivity contribution in [3.05, 3.63) is 101 Å². The second kappa shape index (κ2) is 10.3.